The predicted octanol–water partition coefficient (Wildman–Crippen LogP) is 8.36. The van der Waals surface area contributed by atoms with Crippen molar-refractivity contribution in [3.63, 3.8) is 0 Å². The maximum Gasteiger partial charge on any atom is 0.318 e. The molecule has 10 rings (SSSR count). The van der Waals surface area contributed by atoms with Gasteiger partial charge in [0, 0.05) is 74.1 Å². The van der Waals surface area contributed by atoms with Gasteiger partial charge < -0.3 is 44.6 Å². The lowest BCUT2D eigenvalue weighted by atomic mass is 10.0. The summed E-state index contributed by atoms with van der Waals surface area (Å²) in [5.41, 5.74) is 4.59. The van der Waals surface area contributed by atoms with Gasteiger partial charge in [0.25, 0.3) is 11.8 Å². The summed E-state index contributed by atoms with van der Waals surface area (Å²) in [6.07, 6.45) is 11.0. The summed E-state index contributed by atoms with van der Waals surface area (Å²) in [5, 5.41) is 18.8. The van der Waals surface area contributed by atoms with Gasteiger partial charge in [0.05, 0.1) is 54.8 Å². The number of nitrogens with zero attached hydrogens (tertiary/aromatic N) is 11. The maximum atomic E-state index is 14.1. The third-order valence-electron chi connectivity index (χ3n) is 16.0. The van der Waals surface area contributed by atoms with Crippen LogP contribution in [0.1, 0.15) is 92.7 Å². The molecule has 6 heterocycles. The standard InChI is InChI=1S/C57H67ClFN13O5/c1-5-46-55(75)67(3)48-32-62-56(65-52(48)72(46)39-15-6-7-16-39)63-44-21-20-38(31-49(44)76-4)53(73)61-25-8-9-26-68-27-12-17-41(68)35-77-57-64-45-34-69(47-19-11-14-37-13-10-18-43(58)50(37)47)28-23-42(45)51(66-57)70-29-30-71(54(74)36(2)59)40(33-70)22-24-60/h10-11,13-14,18-21,31-32,39-41,46H,2,5-9,12,15-17,22-23,25-30,33-35H2,1,3-4H3,(H,61,73)(H,62,63,65)/t40-,41-,46?/m0/s1. The molecule has 3 aromatic carbocycles. The molecule has 20 heteroatoms. The molecule has 18 nitrogen and oxygen atoms in total. The van der Waals surface area contributed by atoms with E-state index in [2.05, 4.69) is 66.1 Å². The number of likely N-dealkylation sites (tertiary alicyclic amines) is 1. The van der Waals surface area contributed by atoms with E-state index in [1.807, 2.05) is 25.1 Å². The van der Waals surface area contributed by atoms with Crippen LogP contribution in [-0.4, -0.2) is 138 Å². The van der Waals surface area contributed by atoms with Gasteiger partial charge >= 0.3 is 6.01 Å². The van der Waals surface area contributed by atoms with Crippen LogP contribution >= 0.6 is 11.6 Å². The van der Waals surface area contributed by atoms with Crippen molar-refractivity contribution in [3.05, 3.63) is 95.0 Å². The molecule has 5 aliphatic rings. The van der Waals surface area contributed by atoms with Crippen molar-refractivity contribution >= 4 is 74.7 Å². The number of halogens is 2. The second-order valence-electron chi connectivity index (χ2n) is 20.6. The molecule has 0 radical (unpaired) electrons. The average molecular weight is 1070 g/mol. The molecule has 3 fully saturated rings. The Hall–Kier alpha value is -7.30. The number of nitrogens with one attached hydrogen (secondary N) is 2. The normalized spacial score (nSPS) is 19.8. The van der Waals surface area contributed by atoms with Gasteiger partial charge in [0.2, 0.25) is 11.9 Å². The van der Waals surface area contributed by atoms with Crippen LogP contribution in [-0.2, 0) is 22.6 Å². The number of carbonyl (C=O) groups is 3. The summed E-state index contributed by atoms with van der Waals surface area (Å²) >= 11 is 6.80. The van der Waals surface area contributed by atoms with Crippen molar-refractivity contribution in [2.45, 2.75) is 108 Å². The minimum absolute atomic E-state index is 0.0324. The number of aromatic nitrogens is 4. The lowest BCUT2D eigenvalue weighted by Gasteiger charge is -2.43. The molecule has 1 saturated carbocycles. The van der Waals surface area contributed by atoms with E-state index in [0.29, 0.717) is 91.6 Å². The number of benzene rings is 3. The van der Waals surface area contributed by atoms with Crippen LogP contribution < -0.4 is 39.7 Å². The van der Waals surface area contributed by atoms with E-state index in [4.69, 9.17) is 36.0 Å². The number of anilines is 6. The second kappa shape index (κ2) is 23.5. The highest BCUT2D eigenvalue weighted by Gasteiger charge is 2.42. The number of fused-ring (bicyclic) bond motifs is 3. The number of amides is 3. The first-order chi connectivity index (χ1) is 37.4. The van der Waals surface area contributed by atoms with Gasteiger partial charge in [-0.2, -0.15) is 20.2 Å². The minimum atomic E-state index is -1.05. The number of rotatable bonds is 18. The van der Waals surface area contributed by atoms with E-state index in [1.165, 1.54) is 4.90 Å². The molecule has 0 spiro atoms. The van der Waals surface area contributed by atoms with Crippen LogP contribution in [0.4, 0.5) is 39.0 Å². The molecule has 2 aromatic heterocycles. The second-order valence-corrected chi connectivity index (χ2v) is 21.0. The number of hydrogen-bond donors (Lipinski definition) is 2. The average Bonchev–Trinajstić information content (AvgIpc) is 4.16. The van der Waals surface area contributed by atoms with Gasteiger partial charge in [-0.3, -0.25) is 19.3 Å². The van der Waals surface area contributed by atoms with Crippen LogP contribution in [0.15, 0.2) is 73.2 Å². The fourth-order valence-electron chi connectivity index (χ4n) is 12.0. The Kier molecular flexibility index (Phi) is 16.2. The first kappa shape index (κ1) is 53.1. The number of nitriles is 1. The Morgan fingerprint density at radius 1 is 0.948 bits per heavy atom. The maximum absolute atomic E-state index is 14.1. The molecule has 2 N–H and O–H groups in total. The Morgan fingerprint density at radius 3 is 2.55 bits per heavy atom. The smallest absolute Gasteiger partial charge is 0.318 e. The van der Waals surface area contributed by atoms with Gasteiger partial charge in [-0.1, -0.05) is 62.2 Å². The van der Waals surface area contributed by atoms with Gasteiger partial charge in [0.1, 0.15) is 29.9 Å². The Morgan fingerprint density at radius 2 is 1.77 bits per heavy atom. The monoisotopic (exact) mass is 1070 g/mol. The van der Waals surface area contributed by atoms with Crippen molar-refractivity contribution in [1.29, 1.82) is 5.26 Å². The minimum Gasteiger partial charge on any atom is -0.495 e. The van der Waals surface area contributed by atoms with Crippen LogP contribution in [0.2, 0.25) is 5.02 Å². The third-order valence-corrected chi connectivity index (χ3v) is 16.3. The van der Waals surface area contributed by atoms with Crippen LogP contribution in [0.25, 0.3) is 10.8 Å². The molecule has 5 aromatic rings. The fourth-order valence-corrected chi connectivity index (χ4v) is 12.3. The van der Waals surface area contributed by atoms with E-state index in [-0.39, 0.29) is 48.9 Å². The highest BCUT2D eigenvalue weighted by atomic mass is 35.5. The zero-order chi connectivity index (χ0) is 53.7. The summed E-state index contributed by atoms with van der Waals surface area (Å²) in [6.45, 7) is 9.98. The molecule has 4 aliphatic heterocycles. The Balaban J connectivity index is 0.763. The van der Waals surface area contributed by atoms with Crippen LogP contribution in [0, 0.1) is 11.3 Å². The summed E-state index contributed by atoms with van der Waals surface area (Å²) in [4.78, 5) is 71.3. The number of carbonyl (C=O) groups excluding carboxylic acids is 3. The van der Waals surface area contributed by atoms with E-state index in [9.17, 15) is 24.0 Å². The highest BCUT2D eigenvalue weighted by molar-refractivity contribution is 6.36. The summed E-state index contributed by atoms with van der Waals surface area (Å²) in [5.74, 6) is 0.317. The van der Waals surface area contributed by atoms with Gasteiger partial charge in [0.15, 0.2) is 11.6 Å². The molecular weight excluding hydrogens is 1000 g/mol. The number of methoxy groups -OCH3 is 1. The number of ether oxygens (including phenoxy) is 2. The number of likely N-dealkylation sites (N-methyl/N-ethyl adjacent to an activating group) is 1. The van der Waals surface area contributed by atoms with Crippen LogP contribution in [0.5, 0.6) is 11.8 Å². The molecular formula is C57H67ClFN13O5. The first-order valence-corrected chi connectivity index (χ1v) is 27.4. The first-order valence-electron chi connectivity index (χ1n) is 27.1. The topological polar surface area (TPSA) is 189 Å². The molecule has 1 aliphatic carbocycles. The van der Waals surface area contributed by atoms with E-state index < -0.39 is 17.8 Å². The Labute approximate surface area is 454 Å². The molecule has 77 heavy (non-hydrogen) atoms. The molecule has 404 valence electrons. The number of hydrogen-bond acceptors (Lipinski definition) is 15. The summed E-state index contributed by atoms with van der Waals surface area (Å²) in [7, 11) is 3.35. The molecule has 3 atom stereocenters. The zero-order valence-electron chi connectivity index (χ0n) is 44.1. The van der Waals surface area contributed by atoms with Crippen molar-refractivity contribution in [2.75, 3.05) is 91.5 Å². The van der Waals surface area contributed by atoms with Crippen molar-refractivity contribution in [1.82, 2.24) is 35.1 Å². The Bertz CT molecular complexity index is 3070. The number of piperazine rings is 1. The van der Waals surface area contributed by atoms with E-state index in [1.54, 1.807) is 43.5 Å². The van der Waals surface area contributed by atoms with Crippen molar-refractivity contribution in [3.8, 4) is 17.8 Å². The zero-order valence-corrected chi connectivity index (χ0v) is 44.9. The third kappa shape index (κ3) is 11.1. The quantitative estimate of drug-likeness (QED) is 0.0629. The van der Waals surface area contributed by atoms with E-state index >= 15 is 0 Å². The van der Waals surface area contributed by atoms with E-state index in [0.717, 1.165) is 98.0 Å². The highest BCUT2D eigenvalue weighted by Crippen LogP contribution is 2.42. The number of unbranched alkanes of at least 4 members (excludes halogenated alkanes) is 1. The fraction of sp³-hybridized carbons (Fsp3) is 0.474. The van der Waals surface area contributed by atoms with Crippen molar-refractivity contribution < 1.29 is 28.2 Å². The SMILES string of the molecule is C=C(F)C(=O)N1CCN(c2nc(OC[C@@H]3CCCN3CCCCNC(=O)c3ccc(Nc4ncc5c(n4)N(C4CCCC4)C(CC)C(=O)N5C)c(OC)c3)nc3c2CCN(c2cccc4cccc(Cl)c24)C3)C[C@@H]1CC#N. The van der Waals surface area contributed by atoms with Gasteiger partial charge in [-0.05, 0) is 100 Å². The van der Waals surface area contributed by atoms with Gasteiger partial charge in [-0.25, -0.2) is 9.37 Å². The molecule has 3 amide bonds. The molecule has 1 unspecified atom stereocenters. The lowest BCUT2D eigenvalue weighted by Crippen LogP contribution is -2.55. The lowest BCUT2D eigenvalue weighted by molar-refractivity contribution is -0.131. The molecule has 2 saturated heterocycles. The van der Waals surface area contributed by atoms with Gasteiger partial charge in [-0.15, -0.1) is 0 Å². The predicted molar refractivity (Wildman–Crippen MR) is 296 cm³/mol. The molecule has 0 bridgehead atoms. The van der Waals surface area contributed by atoms with Crippen LogP contribution in [0.3, 0.4) is 0 Å². The van der Waals surface area contributed by atoms with Crippen molar-refractivity contribution in [2.24, 2.45) is 0 Å². The summed E-state index contributed by atoms with van der Waals surface area (Å²) < 4.78 is 26.4. The summed E-state index contributed by atoms with van der Waals surface area (Å²) in [6, 6.07) is 19.3. The largest absolute Gasteiger partial charge is 0.495 e.